The zero-order valence-corrected chi connectivity index (χ0v) is 8.93. The topological polar surface area (TPSA) is 91.7 Å². The second kappa shape index (κ2) is 5.92. The maximum Gasteiger partial charge on any atom is 0.404 e. The van der Waals surface area contributed by atoms with Gasteiger partial charge in [-0.15, -0.1) is 0 Å². The molecule has 0 aliphatic rings. The van der Waals surface area contributed by atoms with E-state index in [1.165, 1.54) is 7.11 Å². The Morgan fingerprint density at radius 2 is 2.31 bits per heavy atom. The van der Waals surface area contributed by atoms with E-state index in [4.69, 9.17) is 14.9 Å². The van der Waals surface area contributed by atoms with Crippen LogP contribution in [0.1, 0.15) is 11.4 Å². The lowest BCUT2D eigenvalue weighted by Crippen LogP contribution is -2.21. The molecule has 1 heterocycles. The van der Waals surface area contributed by atoms with Crippen molar-refractivity contribution in [3.63, 3.8) is 0 Å². The number of nitrogens with zero attached hydrogens (tertiary/aromatic N) is 1. The van der Waals surface area contributed by atoms with E-state index in [2.05, 4.69) is 10.3 Å². The lowest BCUT2D eigenvalue weighted by Gasteiger charge is -2.09. The van der Waals surface area contributed by atoms with Gasteiger partial charge in [0, 0.05) is 18.7 Å². The minimum atomic E-state index is -1.11. The van der Waals surface area contributed by atoms with Crippen LogP contribution < -0.4 is 10.1 Å². The first-order valence-corrected chi connectivity index (χ1v) is 4.77. The molecule has 3 N–H and O–H groups in total. The van der Waals surface area contributed by atoms with E-state index >= 15 is 0 Å². The van der Waals surface area contributed by atoms with E-state index in [1.807, 2.05) is 0 Å². The SMILES string of the molecule is COc1ccc(CCO)nc1CNC(=O)O. The molecule has 0 fully saturated rings. The highest BCUT2D eigenvalue weighted by molar-refractivity contribution is 5.64. The Labute approximate surface area is 92.9 Å². The summed E-state index contributed by atoms with van der Waals surface area (Å²) >= 11 is 0. The average molecular weight is 226 g/mol. The largest absolute Gasteiger partial charge is 0.495 e. The Hall–Kier alpha value is -1.82. The number of carboxylic acid groups (broad SMARTS) is 1. The van der Waals surface area contributed by atoms with E-state index in [9.17, 15) is 4.79 Å². The van der Waals surface area contributed by atoms with E-state index in [1.54, 1.807) is 12.1 Å². The second-order valence-corrected chi connectivity index (χ2v) is 3.08. The number of amides is 1. The van der Waals surface area contributed by atoms with Crippen LogP contribution in [0.15, 0.2) is 12.1 Å². The molecule has 1 aromatic rings. The number of rotatable bonds is 5. The van der Waals surface area contributed by atoms with Gasteiger partial charge in [-0.1, -0.05) is 0 Å². The molecule has 0 radical (unpaired) electrons. The van der Waals surface area contributed by atoms with Crippen LogP contribution in [0.25, 0.3) is 0 Å². The van der Waals surface area contributed by atoms with Crippen LogP contribution in [0, 0.1) is 0 Å². The van der Waals surface area contributed by atoms with Gasteiger partial charge in [0.1, 0.15) is 11.4 Å². The fourth-order valence-electron chi connectivity index (χ4n) is 1.26. The molecule has 1 amide bonds. The van der Waals surface area contributed by atoms with Gasteiger partial charge < -0.3 is 20.3 Å². The van der Waals surface area contributed by atoms with Crippen LogP contribution in [0.5, 0.6) is 5.75 Å². The quantitative estimate of drug-likeness (QED) is 0.675. The summed E-state index contributed by atoms with van der Waals surface area (Å²) < 4.78 is 5.05. The number of aliphatic hydroxyl groups excluding tert-OH is 1. The Bertz CT molecular complexity index is 368. The Balaban J connectivity index is 2.83. The molecule has 1 rings (SSSR count). The minimum Gasteiger partial charge on any atom is -0.495 e. The molecule has 0 spiro atoms. The van der Waals surface area contributed by atoms with Crippen molar-refractivity contribution in [2.75, 3.05) is 13.7 Å². The molecule has 0 bridgehead atoms. The number of hydrogen-bond donors (Lipinski definition) is 3. The fourth-order valence-corrected chi connectivity index (χ4v) is 1.26. The van der Waals surface area contributed by atoms with Crippen LogP contribution >= 0.6 is 0 Å². The van der Waals surface area contributed by atoms with E-state index in [0.29, 0.717) is 23.6 Å². The second-order valence-electron chi connectivity index (χ2n) is 3.08. The molecule has 0 aliphatic carbocycles. The summed E-state index contributed by atoms with van der Waals surface area (Å²) in [6, 6.07) is 3.44. The predicted octanol–water partition coefficient (Wildman–Crippen LogP) is 0.393. The first-order chi connectivity index (χ1) is 7.67. The van der Waals surface area contributed by atoms with Gasteiger partial charge >= 0.3 is 6.09 Å². The van der Waals surface area contributed by atoms with Crippen LogP contribution in [0.3, 0.4) is 0 Å². The highest BCUT2D eigenvalue weighted by atomic mass is 16.5. The van der Waals surface area contributed by atoms with Gasteiger partial charge in [-0.3, -0.25) is 4.98 Å². The van der Waals surface area contributed by atoms with E-state index in [-0.39, 0.29) is 13.2 Å². The summed E-state index contributed by atoms with van der Waals surface area (Å²) in [6.07, 6.45) is -0.680. The highest BCUT2D eigenvalue weighted by Crippen LogP contribution is 2.16. The maximum atomic E-state index is 10.4. The summed E-state index contributed by atoms with van der Waals surface area (Å²) in [7, 11) is 1.49. The molecule has 0 saturated heterocycles. The number of aliphatic hydroxyl groups is 1. The predicted molar refractivity (Wildman–Crippen MR) is 56.4 cm³/mol. The molecule has 6 heteroatoms. The van der Waals surface area contributed by atoms with Crippen LogP contribution in [-0.4, -0.2) is 35.0 Å². The third-order valence-corrected chi connectivity index (χ3v) is 1.99. The van der Waals surface area contributed by atoms with Crippen LogP contribution in [-0.2, 0) is 13.0 Å². The smallest absolute Gasteiger partial charge is 0.404 e. The number of ether oxygens (including phenoxy) is 1. The highest BCUT2D eigenvalue weighted by Gasteiger charge is 2.07. The van der Waals surface area contributed by atoms with Crippen molar-refractivity contribution in [1.29, 1.82) is 0 Å². The maximum absolute atomic E-state index is 10.4. The van der Waals surface area contributed by atoms with Crippen molar-refractivity contribution < 1.29 is 19.7 Å². The van der Waals surface area contributed by atoms with Crippen molar-refractivity contribution in [3.05, 3.63) is 23.5 Å². The number of carbonyl (C=O) groups is 1. The van der Waals surface area contributed by atoms with Crippen molar-refractivity contribution in [2.45, 2.75) is 13.0 Å². The zero-order chi connectivity index (χ0) is 12.0. The van der Waals surface area contributed by atoms with E-state index in [0.717, 1.165) is 0 Å². The standard InChI is InChI=1S/C10H14N2O4/c1-16-9-3-2-7(4-5-13)12-8(9)6-11-10(14)15/h2-3,11,13H,4-6H2,1H3,(H,14,15). The lowest BCUT2D eigenvalue weighted by molar-refractivity contribution is 0.193. The molecule has 88 valence electrons. The van der Waals surface area contributed by atoms with Crippen molar-refractivity contribution in [3.8, 4) is 5.75 Å². The third-order valence-electron chi connectivity index (χ3n) is 1.99. The molecule has 0 unspecified atom stereocenters. The van der Waals surface area contributed by atoms with Gasteiger partial charge in [0.2, 0.25) is 0 Å². The lowest BCUT2D eigenvalue weighted by atomic mass is 10.2. The normalized spacial score (nSPS) is 9.88. The minimum absolute atomic E-state index is 0.00509. The Morgan fingerprint density at radius 1 is 1.56 bits per heavy atom. The number of aromatic nitrogens is 1. The van der Waals surface area contributed by atoms with Crippen molar-refractivity contribution in [2.24, 2.45) is 0 Å². The van der Waals surface area contributed by atoms with Gasteiger partial charge in [-0.2, -0.15) is 0 Å². The fraction of sp³-hybridized carbons (Fsp3) is 0.400. The summed E-state index contributed by atoms with van der Waals surface area (Å²) in [5.41, 5.74) is 1.21. The summed E-state index contributed by atoms with van der Waals surface area (Å²) in [6.45, 7) is 0.0862. The molecule has 16 heavy (non-hydrogen) atoms. The zero-order valence-electron chi connectivity index (χ0n) is 8.93. The first-order valence-electron chi connectivity index (χ1n) is 4.77. The summed E-state index contributed by atoms with van der Waals surface area (Å²) in [5, 5.41) is 19.5. The van der Waals surface area contributed by atoms with Gasteiger partial charge in [0.15, 0.2) is 0 Å². The molecule has 0 saturated carbocycles. The molecular weight excluding hydrogens is 212 g/mol. The number of methoxy groups -OCH3 is 1. The van der Waals surface area contributed by atoms with Gasteiger partial charge in [0.25, 0.3) is 0 Å². The average Bonchev–Trinajstić information content (AvgIpc) is 2.27. The third kappa shape index (κ3) is 3.39. The summed E-state index contributed by atoms with van der Waals surface area (Å²) in [4.78, 5) is 14.6. The molecule has 0 aromatic carbocycles. The van der Waals surface area contributed by atoms with E-state index < -0.39 is 6.09 Å². The molecule has 6 nitrogen and oxygen atoms in total. The molecular formula is C10H14N2O4. The first kappa shape index (κ1) is 12.3. The van der Waals surface area contributed by atoms with Gasteiger partial charge in [-0.05, 0) is 12.1 Å². The van der Waals surface area contributed by atoms with Gasteiger partial charge in [-0.25, -0.2) is 4.79 Å². The summed E-state index contributed by atoms with van der Waals surface area (Å²) in [5.74, 6) is 0.524. The van der Waals surface area contributed by atoms with Crippen molar-refractivity contribution in [1.82, 2.24) is 10.3 Å². The van der Waals surface area contributed by atoms with Crippen molar-refractivity contribution >= 4 is 6.09 Å². The number of pyridine rings is 1. The monoisotopic (exact) mass is 226 g/mol. The Kier molecular flexibility index (Phi) is 4.53. The molecule has 0 aliphatic heterocycles. The number of hydrogen-bond acceptors (Lipinski definition) is 4. The number of nitrogens with one attached hydrogen (secondary N) is 1. The van der Waals surface area contributed by atoms with Gasteiger partial charge in [0.05, 0.1) is 13.7 Å². The molecule has 0 atom stereocenters. The van der Waals surface area contributed by atoms with Crippen LogP contribution in [0.4, 0.5) is 4.79 Å². The Morgan fingerprint density at radius 3 is 2.88 bits per heavy atom. The van der Waals surface area contributed by atoms with Crippen LogP contribution in [0.2, 0.25) is 0 Å². The molecule has 1 aromatic heterocycles.